The van der Waals surface area contributed by atoms with E-state index < -0.39 is 0 Å². The number of hydrogen-bond donors (Lipinski definition) is 0. The van der Waals surface area contributed by atoms with Crippen LogP contribution in [0.3, 0.4) is 0 Å². The molecule has 0 heterocycles. The quantitative estimate of drug-likeness (QED) is 0.399. The van der Waals surface area contributed by atoms with Crippen molar-refractivity contribution in [2.45, 2.75) is 66.1 Å². The largest absolute Gasteiger partial charge is 0.312 e. The molecular weight excluding hydrogens is 398 g/mol. The Morgan fingerprint density at radius 1 is 0.903 bits per heavy atom. The van der Waals surface area contributed by atoms with Gasteiger partial charge in [0.1, 0.15) is 0 Å². The summed E-state index contributed by atoms with van der Waals surface area (Å²) in [5.74, 6) is 1.04. The molecule has 0 radical (unpaired) electrons. The van der Waals surface area contributed by atoms with Gasteiger partial charge in [-0.25, -0.2) is 0 Å². The van der Waals surface area contributed by atoms with Gasteiger partial charge in [-0.05, 0) is 51.9 Å². The van der Waals surface area contributed by atoms with Crippen LogP contribution in [0.4, 0.5) is 0 Å². The van der Waals surface area contributed by atoms with Crippen molar-refractivity contribution in [3.63, 3.8) is 0 Å². The summed E-state index contributed by atoms with van der Waals surface area (Å²) in [7, 11) is 6.00. The lowest BCUT2D eigenvalue weighted by Crippen LogP contribution is -2.02. The van der Waals surface area contributed by atoms with Gasteiger partial charge in [0, 0.05) is 16.4 Å². The Bertz CT molecular complexity index is 667. The van der Waals surface area contributed by atoms with E-state index in [1.165, 1.54) is 24.8 Å². The van der Waals surface area contributed by atoms with Crippen molar-refractivity contribution in [2.24, 2.45) is 5.92 Å². The van der Waals surface area contributed by atoms with Gasteiger partial charge in [0.15, 0.2) is 5.78 Å². The fourth-order valence-electron chi connectivity index (χ4n) is 2.52. The second-order valence-corrected chi connectivity index (χ2v) is 9.02. The summed E-state index contributed by atoms with van der Waals surface area (Å²) in [6, 6.07) is 17.3. The predicted molar refractivity (Wildman–Crippen MR) is 144 cm³/mol. The minimum absolute atomic E-state index is 0.0887. The summed E-state index contributed by atoms with van der Waals surface area (Å²) in [5, 5.41) is 0.411. The van der Waals surface area contributed by atoms with E-state index in [4.69, 9.17) is 0 Å². The molecule has 2 rings (SSSR count). The molecule has 2 nitrogen and oxygen atoms in total. The van der Waals surface area contributed by atoms with E-state index in [0.717, 1.165) is 17.0 Å². The highest BCUT2D eigenvalue weighted by Gasteiger charge is 2.10. The number of ketones is 1. The first kappa shape index (κ1) is 31.6. The Labute approximate surface area is 197 Å². The summed E-state index contributed by atoms with van der Waals surface area (Å²) < 4.78 is 0. The Morgan fingerprint density at radius 2 is 1.42 bits per heavy atom. The van der Waals surface area contributed by atoms with E-state index in [-0.39, 0.29) is 5.78 Å². The molecule has 0 saturated carbocycles. The molecule has 0 spiro atoms. The van der Waals surface area contributed by atoms with Crippen LogP contribution in [0.2, 0.25) is 0 Å². The number of carbonyl (C=O) groups is 1. The molecule has 2 aromatic rings. The van der Waals surface area contributed by atoms with Crippen LogP contribution in [0.1, 0.15) is 87.5 Å². The SMILES string of the molecule is CC.CCC[C@@H](C)CC.CN(C)C.CSC(C)c1cccc(C(=O)c2ccccc2)c1. The first-order chi connectivity index (χ1) is 14.8. The molecule has 0 aliphatic carbocycles. The highest BCUT2D eigenvalue weighted by Crippen LogP contribution is 2.26. The van der Waals surface area contributed by atoms with Gasteiger partial charge in [-0.1, -0.05) is 102 Å². The van der Waals surface area contributed by atoms with Gasteiger partial charge in [0.05, 0.1) is 0 Å². The first-order valence-electron chi connectivity index (χ1n) is 11.6. The Morgan fingerprint density at radius 3 is 1.84 bits per heavy atom. The minimum Gasteiger partial charge on any atom is -0.312 e. The third kappa shape index (κ3) is 15.8. The van der Waals surface area contributed by atoms with Gasteiger partial charge in [0.2, 0.25) is 0 Å². The number of hydrogen-bond acceptors (Lipinski definition) is 3. The average Bonchev–Trinajstić information content (AvgIpc) is 2.80. The number of nitrogens with zero attached hydrogens (tertiary/aromatic N) is 1. The summed E-state index contributed by atoms with van der Waals surface area (Å²) in [4.78, 5) is 14.3. The molecule has 31 heavy (non-hydrogen) atoms. The topological polar surface area (TPSA) is 20.3 Å². The molecule has 0 aliphatic heterocycles. The van der Waals surface area contributed by atoms with E-state index in [2.05, 4.69) is 40.0 Å². The van der Waals surface area contributed by atoms with Crippen molar-refractivity contribution in [1.29, 1.82) is 0 Å². The van der Waals surface area contributed by atoms with Crippen molar-refractivity contribution < 1.29 is 4.79 Å². The van der Waals surface area contributed by atoms with Gasteiger partial charge in [-0.15, -0.1) is 0 Å². The zero-order valence-electron chi connectivity index (χ0n) is 21.7. The van der Waals surface area contributed by atoms with Crippen LogP contribution in [-0.2, 0) is 0 Å². The molecule has 0 aromatic heterocycles. The minimum atomic E-state index is 0.0887. The highest BCUT2D eigenvalue weighted by molar-refractivity contribution is 7.98. The van der Waals surface area contributed by atoms with Gasteiger partial charge in [0.25, 0.3) is 0 Å². The fourth-order valence-corrected chi connectivity index (χ4v) is 2.94. The summed E-state index contributed by atoms with van der Waals surface area (Å²) in [6.45, 7) is 13.0. The van der Waals surface area contributed by atoms with Gasteiger partial charge in [-0.2, -0.15) is 11.8 Å². The summed E-state index contributed by atoms with van der Waals surface area (Å²) in [6.07, 6.45) is 6.16. The van der Waals surface area contributed by atoms with E-state index in [1.807, 2.05) is 88.4 Å². The molecule has 0 fully saturated rings. The zero-order valence-corrected chi connectivity index (χ0v) is 22.6. The van der Waals surface area contributed by atoms with Crippen LogP contribution in [0.5, 0.6) is 0 Å². The molecule has 0 N–H and O–H groups in total. The van der Waals surface area contributed by atoms with Crippen LogP contribution < -0.4 is 0 Å². The van der Waals surface area contributed by atoms with Crippen LogP contribution >= 0.6 is 11.8 Å². The lowest BCUT2D eigenvalue weighted by Gasteiger charge is -2.10. The van der Waals surface area contributed by atoms with E-state index in [0.29, 0.717) is 5.25 Å². The maximum Gasteiger partial charge on any atom is 0.193 e. The van der Waals surface area contributed by atoms with Crippen molar-refractivity contribution in [2.75, 3.05) is 27.4 Å². The molecular formula is C28H47NOS. The molecule has 2 atom stereocenters. The third-order valence-corrected chi connectivity index (χ3v) is 5.47. The Balaban J connectivity index is 0. The van der Waals surface area contributed by atoms with Crippen LogP contribution in [0.15, 0.2) is 54.6 Å². The molecule has 0 amide bonds. The molecule has 3 heteroatoms. The van der Waals surface area contributed by atoms with Gasteiger partial charge >= 0.3 is 0 Å². The molecule has 176 valence electrons. The monoisotopic (exact) mass is 445 g/mol. The fraction of sp³-hybridized carbons (Fsp3) is 0.536. The molecule has 0 aliphatic rings. The second-order valence-electron chi connectivity index (χ2n) is 7.84. The number of rotatable bonds is 7. The van der Waals surface area contributed by atoms with Gasteiger partial charge in [-0.3, -0.25) is 4.79 Å². The van der Waals surface area contributed by atoms with Crippen molar-refractivity contribution in [3.05, 3.63) is 71.3 Å². The lowest BCUT2D eigenvalue weighted by molar-refractivity contribution is 0.103. The number of benzene rings is 2. The molecule has 0 bridgehead atoms. The number of thioether (sulfide) groups is 1. The van der Waals surface area contributed by atoms with Gasteiger partial charge < -0.3 is 4.90 Å². The molecule has 1 unspecified atom stereocenters. The first-order valence-corrected chi connectivity index (χ1v) is 12.9. The van der Waals surface area contributed by atoms with Crippen molar-refractivity contribution >= 4 is 17.5 Å². The molecule has 0 saturated heterocycles. The summed E-state index contributed by atoms with van der Waals surface area (Å²) >= 11 is 1.78. The Kier molecular flexibility index (Phi) is 20.7. The van der Waals surface area contributed by atoms with Crippen LogP contribution in [0.25, 0.3) is 0 Å². The van der Waals surface area contributed by atoms with Crippen molar-refractivity contribution in [3.8, 4) is 0 Å². The smallest absolute Gasteiger partial charge is 0.193 e. The molecule has 2 aromatic carbocycles. The zero-order chi connectivity index (χ0) is 24.2. The van der Waals surface area contributed by atoms with Crippen LogP contribution in [-0.4, -0.2) is 38.1 Å². The van der Waals surface area contributed by atoms with Crippen LogP contribution in [0, 0.1) is 5.92 Å². The average molecular weight is 446 g/mol. The maximum atomic E-state index is 12.3. The van der Waals surface area contributed by atoms with E-state index >= 15 is 0 Å². The third-order valence-electron chi connectivity index (χ3n) is 4.49. The standard InChI is InChI=1S/C16H16OS.C7H16.C3H9N.C2H6/c1-12(18-2)14-9-6-10-15(11-14)16(17)13-7-4-3-5-8-13;1-4-6-7(3)5-2;1-4(2)3;1-2/h3-12H,1-2H3;7H,4-6H2,1-3H3;1-3H3;1-2H3/t;7-;;/m.0../s1. The maximum absolute atomic E-state index is 12.3. The summed E-state index contributed by atoms with van der Waals surface area (Å²) in [5.41, 5.74) is 2.70. The highest BCUT2D eigenvalue weighted by atomic mass is 32.2. The lowest BCUT2D eigenvalue weighted by atomic mass is 10.0. The van der Waals surface area contributed by atoms with E-state index in [1.54, 1.807) is 11.8 Å². The Hall–Kier alpha value is -1.58. The predicted octanol–water partition coefficient (Wildman–Crippen LogP) is 8.38. The number of carbonyl (C=O) groups excluding carboxylic acids is 1. The normalized spacial score (nSPS) is 11.6. The van der Waals surface area contributed by atoms with E-state index in [9.17, 15) is 4.79 Å². The second kappa shape index (κ2) is 20.3. The van der Waals surface area contributed by atoms with Crippen molar-refractivity contribution in [1.82, 2.24) is 4.90 Å².